The second-order valence-electron chi connectivity index (χ2n) is 5.15. The van der Waals surface area contributed by atoms with Crippen LogP contribution < -0.4 is 5.73 Å². The molecule has 0 spiro atoms. The molecule has 2 aromatic carbocycles. The maximum absolute atomic E-state index is 6.55. The summed E-state index contributed by atoms with van der Waals surface area (Å²) in [6.45, 7) is 6.12. The molecule has 100 valence electrons. The highest BCUT2D eigenvalue weighted by molar-refractivity contribution is 6.42. The second kappa shape index (κ2) is 5.16. The molecule has 1 nitrogen and oxygen atoms in total. The summed E-state index contributed by atoms with van der Waals surface area (Å²) in [6.07, 6.45) is 0. The van der Waals surface area contributed by atoms with Crippen LogP contribution in [-0.2, 0) is 5.54 Å². The summed E-state index contributed by atoms with van der Waals surface area (Å²) in [5, 5.41) is 1.07. The first kappa shape index (κ1) is 14.4. The number of hydrogen-bond donors (Lipinski definition) is 1. The Hall–Kier alpha value is -1.02. The van der Waals surface area contributed by atoms with Crippen LogP contribution in [0.3, 0.4) is 0 Å². The molecule has 2 N–H and O–H groups in total. The van der Waals surface area contributed by atoms with Crippen molar-refractivity contribution in [1.29, 1.82) is 0 Å². The van der Waals surface area contributed by atoms with Crippen molar-refractivity contribution in [3.8, 4) is 0 Å². The minimum absolute atomic E-state index is 0.529. The highest BCUT2D eigenvalue weighted by Gasteiger charge is 2.26. The van der Waals surface area contributed by atoms with Crippen LogP contribution in [0.4, 0.5) is 0 Å². The van der Waals surface area contributed by atoms with Gasteiger partial charge in [-0.1, -0.05) is 53.0 Å². The van der Waals surface area contributed by atoms with Crippen molar-refractivity contribution < 1.29 is 0 Å². The van der Waals surface area contributed by atoms with Crippen molar-refractivity contribution in [2.75, 3.05) is 0 Å². The van der Waals surface area contributed by atoms with Gasteiger partial charge in [0.15, 0.2) is 0 Å². The Morgan fingerprint density at radius 1 is 0.947 bits per heavy atom. The maximum Gasteiger partial charge on any atom is 0.0640 e. The minimum Gasteiger partial charge on any atom is -0.318 e. The minimum atomic E-state index is -0.593. The normalized spacial score (nSPS) is 14.2. The smallest absolute Gasteiger partial charge is 0.0640 e. The number of rotatable bonds is 2. The quantitative estimate of drug-likeness (QED) is 0.843. The average Bonchev–Trinajstić information content (AvgIpc) is 2.35. The van der Waals surface area contributed by atoms with Crippen LogP contribution in [-0.4, -0.2) is 0 Å². The Labute approximate surface area is 124 Å². The predicted molar refractivity (Wildman–Crippen MR) is 83.0 cm³/mol. The molecular formula is C16H17Cl2N. The van der Waals surface area contributed by atoms with Gasteiger partial charge in [0.1, 0.15) is 0 Å². The number of halogens is 2. The van der Waals surface area contributed by atoms with E-state index in [0.29, 0.717) is 10.0 Å². The van der Waals surface area contributed by atoms with Crippen molar-refractivity contribution >= 4 is 23.2 Å². The second-order valence-corrected chi connectivity index (χ2v) is 5.96. The molecule has 0 aliphatic carbocycles. The Morgan fingerprint density at radius 3 is 2.26 bits per heavy atom. The number of hydrogen-bond acceptors (Lipinski definition) is 1. The fourth-order valence-electron chi connectivity index (χ4n) is 2.27. The van der Waals surface area contributed by atoms with Crippen LogP contribution >= 0.6 is 23.2 Å². The Kier molecular flexibility index (Phi) is 3.91. The van der Waals surface area contributed by atoms with Gasteiger partial charge in [-0.2, -0.15) is 0 Å². The molecule has 1 unspecified atom stereocenters. The van der Waals surface area contributed by atoms with E-state index in [0.717, 1.165) is 11.1 Å². The third-order valence-corrected chi connectivity index (χ3v) is 4.21. The SMILES string of the molecule is Cc1ccc(C)c(C(C)(N)c2ccc(Cl)c(Cl)c2)c1. The number of nitrogens with two attached hydrogens (primary N) is 1. The molecular weight excluding hydrogens is 277 g/mol. The maximum atomic E-state index is 6.55. The van der Waals surface area contributed by atoms with Crippen LogP contribution in [0.1, 0.15) is 29.2 Å². The van der Waals surface area contributed by atoms with Gasteiger partial charge in [-0.25, -0.2) is 0 Å². The monoisotopic (exact) mass is 293 g/mol. The van der Waals surface area contributed by atoms with E-state index < -0.39 is 5.54 Å². The molecule has 0 bridgehead atoms. The van der Waals surface area contributed by atoms with Gasteiger partial charge < -0.3 is 5.73 Å². The molecule has 2 aromatic rings. The van der Waals surface area contributed by atoms with E-state index in [1.165, 1.54) is 11.1 Å². The molecule has 0 radical (unpaired) electrons. The molecule has 1 atom stereocenters. The first-order chi connectivity index (χ1) is 8.82. The molecule has 0 saturated carbocycles. The summed E-state index contributed by atoms with van der Waals surface area (Å²) in [5.74, 6) is 0. The highest BCUT2D eigenvalue weighted by atomic mass is 35.5. The lowest BCUT2D eigenvalue weighted by Gasteiger charge is -2.28. The lowest BCUT2D eigenvalue weighted by molar-refractivity contribution is 0.598. The van der Waals surface area contributed by atoms with Crippen molar-refractivity contribution in [3.05, 3.63) is 68.7 Å². The first-order valence-electron chi connectivity index (χ1n) is 6.14. The summed E-state index contributed by atoms with van der Waals surface area (Å²) in [7, 11) is 0. The Balaban J connectivity index is 2.57. The number of benzene rings is 2. The van der Waals surface area contributed by atoms with Crippen LogP contribution in [0.25, 0.3) is 0 Å². The van der Waals surface area contributed by atoms with Gasteiger partial charge in [-0.05, 0) is 49.6 Å². The molecule has 0 heterocycles. The van der Waals surface area contributed by atoms with E-state index in [4.69, 9.17) is 28.9 Å². The highest BCUT2D eigenvalue weighted by Crippen LogP contribution is 2.33. The van der Waals surface area contributed by atoms with Crippen molar-refractivity contribution in [3.63, 3.8) is 0 Å². The van der Waals surface area contributed by atoms with Gasteiger partial charge in [-0.3, -0.25) is 0 Å². The van der Waals surface area contributed by atoms with Gasteiger partial charge in [0, 0.05) is 0 Å². The topological polar surface area (TPSA) is 26.0 Å². The molecule has 2 rings (SSSR count). The van der Waals surface area contributed by atoms with E-state index in [2.05, 4.69) is 32.0 Å². The Bertz CT molecular complexity index is 618. The van der Waals surface area contributed by atoms with Crippen LogP contribution in [0.2, 0.25) is 10.0 Å². The lowest BCUT2D eigenvalue weighted by Crippen LogP contribution is -2.35. The summed E-state index contributed by atoms with van der Waals surface area (Å²) in [4.78, 5) is 0. The zero-order valence-electron chi connectivity index (χ0n) is 11.3. The zero-order valence-corrected chi connectivity index (χ0v) is 12.8. The lowest BCUT2D eigenvalue weighted by atomic mass is 9.82. The molecule has 0 fully saturated rings. The predicted octanol–water partition coefficient (Wildman–Crippen LogP) is 4.83. The van der Waals surface area contributed by atoms with Crippen molar-refractivity contribution in [2.24, 2.45) is 5.73 Å². The molecule has 0 aliphatic rings. The standard InChI is InChI=1S/C16H17Cl2N/c1-10-4-5-11(2)13(8-10)16(3,19)12-6-7-14(17)15(18)9-12/h4-9H,19H2,1-3H3. The fraction of sp³-hybridized carbons (Fsp3) is 0.250. The number of aryl methyl sites for hydroxylation is 2. The van der Waals surface area contributed by atoms with E-state index in [1.807, 2.05) is 19.1 Å². The summed E-state index contributed by atoms with van der Waals surface area (Å²) >= 11 is 12.1. The third-order valence-electron chi connectivity index (χ3n) is 3.47. The molecule has 0 amide bonds. The van der Waals surface area contributed by atoms with Gasteiger partial charge in [0.05, 0.1) is 15.6 Å². The fourth-order valence-corrected chi connectivity index (χ4v) is 2.57. The van der Waals surface area contributed by atoms with Crippen molar-refractivity contribution in [2.45, 2.75) is 26.3 Å². The molecule has 3 heteroatoms. The summed E-state index contributed by atoms with van der Waals surface area (Å²) in [6, 6.07) is 11.9. The van der Waals surface area contributed by atoms with E-state index >= 15 is 0 Å². The third kappa shape index (κ3) is 2.79. The molecule has 0 aliphatic heterocycles. The first-order valence-corrected chi connectivity index (χ1v) is 6.90. The van der Waals surface area contributed by atoms with Gasteiger partial charge in [0.25, 0.3) is 0 Å². The summed E-state index contributed by atoms with van der Waals surface area (Å²) in [5.41, 5.74) is 10.4. The van der Waals surface area contributed by atoms with Crippen LogP contribution in [0.5, 0.6) is 0 Å². The van der Waals surface area contributed by atoms with E-state index in [1.54, 1.807) is 6.07 Å². The van der Waals surface area contributed by atoms with Crippen molar-refractivity contribution in [1.82, 2.24) is 0 Å². The van der Waals surface area contributed by atoms with Gasteiger partial charge in [0.2, 0.25) is 0 Å². The van der Waals surface area contributed by atoms with Crippen LogP contribution in [0, 0.1) is 13.8 Å². The Morgan fingerprint density at radius 2 is 1.63 bits per heavy atom. The van der Waals surface area contributed by atoms with E-state index in [-0.39, 0.29) is 0 Å². The molecule has 19 heavy (non-hydrogen) atoms. The molecule has 0 saturated heterocycles. The van der Waals surface area contributed by atoms with E-state index in [9.17, 15) is 0 Å². The average molecular weight is 294 g/mol. The van der Waals surface area contributed by atoms with Crippen LogP contribution in [0.15, 0.2) is 36.4 Å². The van der Waals surface area contributed by atoms with Gasteiger partial charge >= 0.3 is 0 Å². The zero-order chi connectivity index (χ0) is 14.2. The van der Waals surface area contributed by atoms with Gasteiger partial charge in [-0.15, -0.1) is 0 Å². The summed E-state index contributed by atoms with van der Waals surface area (Å²) < 4.78 is 0. The molecule has 0 aromatic heterocycles. The largest absolute Gasteiger partial charge is 0.318 e.